The van der Waals surface area contributed by atoms with E-state index in [1.54, 1.807) is 24.3 Å². The highest BCUT2D eigenvalue weighted by Crippen LogP contribution is 2.59. The Labute approximate surface area is 239 Å². The Morgan fingerprint density at radius 1 is 0.585 bits per heavy atom. The first-order chi connectivity index (χ1) is 20.0. The maximum Gasteiger partial charge on any atom is 0.238 e. The Morgan fingerprint density at radius 3 is 1.54 bits per heavy atom. The number of amides is 2. The lowest BCUT2D eigenvalue weighted by molar-refractivity contribution is -0.122. The van der Waals surface area contributed by atoms with Crippen molar-refractivity contribution in [1.82, 2.24) is 0 Å². The van der Waals surface area contributed by atoms with E-state index in [0.29, 0.717) is 11.4 Å². The number of imide groups is 1. The van der Waals surface area contributed by atoms with Crippen molar-refractivity contribution in [3.05, 3.63) is 143 Å². The molecule has 1 saturated carbocycles. The monoisotopic (exact) mass is 535 g/mol. The summed E-state index contributed by atoms with van der Waals surface area (Å²) in [5.74, 6) is -1.25. The van der Waals surface area contributed by atoms with Gasteiger partial charge in [0.05, 0.1) is 28.9 Å². The van der Waals surface area contributed by atoms with Gasteiger partial charge >= 0.3 is 0 Å². The smallest absolute Gasteiger partial charge is 0.238 e. The molecule has 1 heterocycles. The van der Waals surface area contributed by atoms with Crippen molar-refractivity contribution in [2.24, 2.45) is 33.9 Å². The van der Waals surface area contributed by atoms with Gasteiger partial charge in [-0.25, -0.2) is 4.90 Å². The summed E-state index contributed by atoms with van der Waals surface area (Å²) in [5, 5.41) is 8.55. The minimum Gasteiger partial charge on any atom is -0.274 e. The van der Waals surface area contributed by atoms with E-state index in [1.165, 1.54) is 21.6 Å². The fraction of sp³-hybridized carbons (Fsp3) is 0.167. The molecule has 4 aromatic rings. The predicted octanol–water partition coefficient (Wildman–Crippen LogP) is 8.14. The second-order valence-corrected chi connectivity index (χ2v) is 11.1. The fourth-order valence-electron chi connectivity index (χ4n) is 6.57. The molecule has 1 aliphatic heterocycles. The highest BCUT2D eigenvalue weighted by atomic mass is 16.2. The van der Waals surface area contributed by atoms with Crippen LogP contribution in [0.15, 0.2) is 131 Å². The van der Waals surface area contributed by atoms with Crippen molar-refractivity contribution >= 4 is 34.4 Å². The van der Waals surface area contributed by atoms with Gasteiger partial charge in [0.1, 0.15) is 0 Å². The summed E-state index contributed by atoms with van der Waals surface area (Å²) < 4.78 is 0. The standard InChI is InChI=1S/C36H29N3O2/c1-22-8-12-24(13-9-22)31(25-14-10-23(2)11-15-25)32-29-20-21-30(32)34-33(29)35(40)39(36(34)41)28-18-16-27(17-19-28)38-37-26-6-4-3-5-7-26/h3-21,29-30,33-34H,1-2H3/t29-,30-,33-,34+/m1/s1. The molecule has 41 heavy (non-hydrogen) atoms. The third-order valence-electron chi connectivity index (χ3n) is 8.53. The molecule has 0 spiro atoms. The van der Waals surface area contributed by atoms with Crippen molar-refractivity contribution in [3.63, 3.8) is 0 Å². The van der Waals surface area contributed by atoms with Crippen LogP contribution in [-0.4, -0.2) is 11.8 Å². The maximum atomic E-state index is 13.9. The van der Waals surface area contributed by atoms with E-state index >= 15 is 0 Å². The number of carbonyl (C=O) groups excluding carboxylic acids is 2. The topological polar surface area (TPSA) is 62.1 Å². The van der Waals surface area contributed by atoms with Crippen molar-refractivity contribution in [3.8, 4) is 0 Å². The van der Waals surface area contributed by atoms with Crippen LogP contribution in [0.1, 0.15) is 22.3 Å². The van der Waals surface area contributed by atoms with Gasteiger partial charge in [0.15, 0.2) is 0 Å². The lowest BCUT2D eigenvalue weighted by atomic mass is 9.85. The summed E-state index contributed by atoms with van der Waals surface area (Å²) in [4.78, 5) is 29.2. The summed E-state index contributed by atoms with van der Waals surface area (Å²) in [7, 11) is 0. The van der Waals surface area contributed by atoms with Crippen LogP contribution < -0.4 is 4.90 Å². The number of hydrogen-bond donors (Lipinski definition) is 0. The number of allylic oxidation sites excluding steroid dienone is 3. The van der Waals surface area contributed by atoms with Gasteiger partial charge in [-0.3, -0.25) is 9.59 Å². The fourth-order valence-corrected chi connectivity index (χ4v) is 6.57. The van der Waals surface area contributed by atoms with Crippen molar-refractivity contribution in [2.45, 2.75) is 13.8 Å². The minimum atomic E-state index is -0.393. The van der Waals surface area contributed by atoms with E-state index in [0.717, 1.165) is 22.4 Å². The Hall–Kier alpha value is -4.90. The summed E-state index contributed by atoms with van der Waals surface area (Å²) in [6.45, 7) is 4.16. The van der Waals surface area contributed by atoms with E-state index in [4.69, 9.17) is 0 Å². The number of hydrogen-bond acceptors (Lipinski definition) is 4. The molecule has 0 radical (unpaired) electrons. The maximum absolute atomic E-state index is 13.9. The lowest BCUT2D eigenvalue weighted by Crippen LogP contribution is -2.33. The second-order valence-electron chi connectivity index (χ2n) is 11.1. The SMILES string of the molecule is Cc1ccc(C(=C2[C@H]3C=C[C@H]2[C@H]2C(=O)N(c4ccc(N=Nc5ccccc5)cc4)C(=O)[C@H]23)c2ccc(C)cc2)cc1. The average Bonchev–Trinajstić information content (AvgIpc) is 3.63. The van der Waals surface area contributed by atoms with Gasteiger partial charge in [-0.05, 0) is 72.5 Å². The van der Waals surface area contributed by atoms with Gasteiger partial charge in [0, 0.05) is 11.8 Å². The molecule has 4 aromatic carbocycles. The van der Waals surface area contributed by atoms with Crippen LogP contribution in [0.2, 0.25) is 0 Å². The van der Waals surface area contributed by atoms with Crippen LogP contribution in [-0.2, 0) is 9.59 Å². The molecule has 7 rings (SSSR count). The Balaban J connectivity index is 1.22. The van der Waals surface area contributed by atoms with Crippen LogP contribution in [0.4, 0.5) is 17.1 Å². The van der Waals surface area contributed by atoms with Gasteiger partial charge in [-0.2, -0.15) is 10.2 Å². The van der Waals surface area contributed by atoms with Gasteiger partial charge in [-0.15, -0.1) is 0 Å². The molecule has 3 aliphatic rings. The quantitative estimate of drug-likeness (QED) is 0.147. The number of anilines is 1. The molecule has 200 valence electrons. The van der Waals surface area contributed by atoms with Gasteiger partial charge < -0.3 is 0 Å². The molecular formula is C36H29N3O2. The van der Waals surface area contributed by atoms with E-state index in [-0.39, 0.29) is 23.7 Å². The molecular weight excluding hydrogens is 506 g/mol. The van der Waals surface area contributed by atoms with E-state index in [1.807, 2.05) is 30.3 Å². The number of nitrogens with zero attached hydrogens (tertiary/aromatic N) is 3. The third kappa shape index (κ3) is 4.25. The zero-order chi connectivity index (χ0) is 28.1. The Morgan fingerprint density at radius 2 is 1.05 bits per heavy atom. The van der Waals surface area contributed by atoms with Crippen LogP contribution in [0.25, 0.3) is 5.57 Å². The predicted molar refractivity (Wildman–Crippen MR) is 161 cm³/mol. The first-order valence-corrected chi connectivity index (χ1v) is 14.0. The summed E-state index contributed by atoms with van der Waals surface area (Å²) >= 11 is 0. The number of aryl methyl sites for hydroxylation is 2. The zero-order valence-corrected chi connectivity index (χ0v) is 22.9. The number of carbonyl (C=O) groups is 2. The van der Waals surface area contributed by atoms with Crippen molar-refractivity contribution < 1.29 is 9.59 Å². The van der Waals surface area contributed by atoms with Gasteiger partial charge in [-0.1, -0.05) is 90.0 Å². The number of azo groups is 1. The van der Waals surface area contributed by atoms with Crippen molar-refractivity contribution in [1.29, 1.82) is 0 Å². The molecule has 0 unspecified atom stereocenters. The molecule has 5 nitrogen and oxygen atoms in total. The Kier molecular flexibility index (Phi) is 6.08. The zero-order valence-electron chi connectivity index (χ0n) is 22.9. The summed E-state index contributed by atoms with van der Waals surface area (Å²) in [6.07, 6.45) is 4.29. The third-order valence-corrected chi connectivity index (χ3v) is 8.53. The largest absolute Gasteiger partial charge is 0.274 e. The molecule has 4 atom stereocenters. The van der Waals surface area contributed by atoms with E-state index in [2.05, 4.69) is 84.8 Å². The molecule has 2 aliphatic carbocycles. The molecule has 0 aromatic heterocycles. The first kappa shape index (κ1) is 25.1. The van der Waals surface area contributed by atoms with Gasteiger partial charge in [0.25, 0.3) is 0 Å². The number of fused-ring (bicyclic) bond motifs is 5. The summed E-state index contributed by atoms with van der Waals surface area (Å²) in [6, 6.07) is 33.8. The van der Waals surface area contributed by atoms with Crippen LogP contribution in [0.5, 0.6) is 0 Å². The van der Waals surface area contributed by atoms with Crippen LogP contribution in [0.3, 0.4) is 0 Å². The second kappa shape index (κ2) is 9.93. The molecule has 2 fully saturated rings. The van der Waals surface area contributed by atoms with Gasteiger partial charge in [0.2, 0.25) is 11.8 Å². The molecule has 2 bridgehead atoms. The van der Waals surface area contributed by atoms with Crippen molar-refractivity contribution in [2.75, 3.05) is 4.90 Å². The van der Waals surface area contributed by atoms with Crippen LogP contribution in [0, 0.1) is 37.5 Å². The lowest BCUT2D eigenvalue weighted by Gasteiger charge is -2.22. The highest BCUT2D eigenvalue weighted by Gasteiger charge is 2.62. The Bertz CT molecular complexity index is 1650. The summed E-state index contributed by atoms with van der Waals surface area (Å²) in [5.41, 5.74) is 8.94. The highest BCUT2D eigenvalue weighted by molar-refractivity contribution is 6.23. The van der Waals surface area contributed by atoms with E-state index < -0.39 is 11.8 Å². The number of benzene rings is 4. The normalized spacial score (nSPS) is 22.7. The molecule has 0 N–H and O–H groups in total. The number of rotatable bonds is 5. The minimum absolute atomic E-state index is 0.108. The molecule has 1 saturated heterocycles. The van der Waals surface area contributed by atoms with E-state index in [9.17, 15) is 9.59 Å². The van der Waals surface area contributed by atoms with Crippen LogP contribution >= 0.6 is 0 Å². The molecule has 2 amide bonds. The first-order valence-electron chi connectivity index (χ1n) is 14.0. The molecule has 5 heteroatoms. The average molecular weight is 536 g/mol.